The molecule has 2 N–H and O–H groups in total. The van der Waals surface area contributed by atoms with Gasteiger partial charge >= 0.3 is 0 Å². The molecule has 0 bridgehead atoms. The Bertz CT molecular complexity index is 1390. The van der Waals surface area contributed by atoms with Crippen molar-refractivity contribution in [3.63, 3.8) is 0 Å². The van der Waals surface area contributed by atoms with Gasteiger partial charge in [0.15, 0.2) is 16.1 Å². The molecule has 13 heteroatoms. The summed E-state index contributed by atoms with van der Waals surface area (Å²) in [5, 5.41) is 13.3. The molecule has 2 aromatic carbocycles. The maximum atomic E-state index is 14.2. The van der Waals surface area contributed by atoms with Gasteiger partial charge in [0, 0.05) is 23.8 Å². The fourth-order valence-corrected chi connectivity index (χ4v) is 5.61. The minimum Gasteiger partial charge on any atom is -0.325 e. The van der Waals surface area contributed by atoms with E-state index in [0.29, 0.717) is 28.8 Å². The van der Waals surface area contributed by atoms with Crippen LogP contribution in [-0.4, -0.2) is 39.8 Å². The maximum Gasteiger partial charge on any atom is 0.263 e. The fraction of sp³-hybridized carbons (Fsp3) is 0.143. The molecule has 0 aliphatic carbocycles. The number of anilines is 2. The third kappa shape index (κ3) is 5.43. The molecule has 1 amide bonds. The van der Waals surface area contributed by atoms with E-state index in [1.54, 1.807) is 28.1 Å². The van der Waals surface area contributed by atoms with Gasteiger partial charge in [-0.1, -0.05) is 23.9 Å². The molecule has 0 aliphatic rings. The van der Waals surface area contributed by atoms with Gasteiger partial charge in [0.05, 0.1) is 16.2 Å². The van der Waals surface area contributed by atoms with E-state index in [-0.39, 0.29) is 21.7 Å². The van der Waals surface area contributed by atoms with E-state index < -0.39 is 15.8 Å². The van der Waals surface area contributed by atoms with Gasteiger partial charge in [0.25, 0.3) is 10.0 Å². The summed E-state index contributed by atoms with van der Waals surface area (Å²) < 4.78 is 43.1. The SMILES string of the molecule is CCn1c(SCC(=O)Nc2ccc(S(=O)(=O)Nc3nccs3)cc2)nnc1-c1ccccc1F. The second-order valence-electron chi connectivity index (χ2n) is 6.83. The van der Waals surface area contributed by atoms with Gasteiger partial charge in [-0.15, -0.1) is 21.5 Å². The van der Waals surface area contributed by atoms with Gasteiger partial charge in [0.1, 0.15) is 5.82 Å². The molecular formula is C21H19FN6O3S3. The first kappa shape index (κ1) is 23.9. The molecule has 34 heavy (non-hydrogen) atoms. The summed E-state index contributed by atoms with van der Waals surface area (Å²) in [6, 6.07) is 12.1. The molecule has 0 unspecified atom stereocenters. The van der Waals surface area contributed by atoms with Crippen LogP contribution in [0.1, 0.15) is 6.92 Å². The van der Waals surface area contributed by atoms with Crippen LogP contribution in [0.3, 0.4) is 0 Å². The molecular weight excluding hydrogens is 499 g/mol. The van der Waals surface area contributed by atoms with E-state index >= 15 is 0 Å². The monoisotopic (exact) mass is 518 g/mol. The van der Waals surface area contributed by atoms with Gasteiger partial charge in [0.2, 0.25) is 5.91 Å². The summed E-state index contributed by atoms with van der Waals surface area (Å²) in [6.07, 6.45) is 1.50. The molecule has 9 nitrogen and oxygen atoms in total. The predicted octanol–water partition coefficient (Wildman–Crippen LogP) is 4.09. The maximum absolute atomic E-state index is 14.2. The standard InChI is InChI=1S/C21H19FN6O3S3/c1-2-28-19(16-5-3-4-6-17(16)22)25-26-21(28)33-13-18(29)24-14-7-9-15(10-8-14)34(30,31)27-20-23-11-12-32-20/h3-12H,2,13H2,1H3,(H,23,27)(H,24,29). The number of amides is 1. The van der Waals surface area contributed by atoms with Crippen LogP contribution in [0.4, 0.5) is 15.2 Å². The smallest absolute Gasteiger partial charge is 0.263 e. The Hall–Kier alpha value is -3.29. The Morgan fingerprint density at radius 3 is 2.59 bits per heavy atom. The minimum atomic E-state index is -3.77. The molecule has 2 aromatic heterocycles. The topological polar surface area (TPSA) is 119 Å². The molecule has 0 saturated carbocycles. The number of benzene rings is 2. The number of hydrogen-bond acceptors (Lipinski definition) is 8. The van der Waals surface area contributed by atoms with Crippen LogP contribution >= 0.6 is 23.1 Å². The first-order valence-corrected chi connectivity index (χ1v) is 13.4. The zero-order valence-corrected chi connectivity index (χ0v) is 20.3. The molecule has 0 atom stereocenters. The molecule has 176 valence electrons. The Balaban J connectivity index is 1.38. The van der Waals surface area contributed by atoms with E-state index in [1.807, 2.05) is 6.92 Å². The van der Waals surface area contributed by atoms with Gasteiger partial charge < -0.3 is 9.88 Å². The normalized spacial score (nSPS) is 11.4. The number of nitrogens with zero attached hydrogens (tertiary/aromatic N) is 4. The highest BCUT2D eigenvalue weighted by molar-refractivity contribution is 7.99. The van der Waals surface area contributed by atoms with E-state index in [4.69, 9.17) is 0 Å². The minimum absolute atomic E-state index is 0.0427. The summed E-state index contributed by atoms with van der Waals surface area (Å²) >= 11 is 2.35. The summed E-state index contributed by atoms with van der Waals surface area (Å²) in [6.45, 7) is 2.39. The van der Waals surface area contributed by atoms with E-state index in [1.165, 1.54) is 59.6 Å². The van der Waals surface area contributed by atoms with Crippen LogP contribution in [0.15, 0.2) is 70.2 Å². The summed E-state index contributed by atoms with van der Waals surface area (Å²) in [4.78, 5) is 16.4. The van der Waals surface area contributed by atoms with Crippen LogP contribution in [0.2, 0.25) is 0 Å². The third-order valence-electron chi connectivity index (χ3n) is 4.58. The Labute approximate surface area is 203 Å². The van der Waals surface area contributed by atoms with Gasteiger partial charge in [-0.25, -0.2) is 17.8 Å². The van der Waals surface area contributed by atoms with Gasteiger partial charge in [-0.2, -0.15) is 0 Å². The Morgan fingerprint density at radius 2 is 1.91 bits per heavy atom. The lowest BCUT2D eigenvalue weighted by Crippen LogP contribution is -2.15. The lowest BCUT2D eigenvalue weighted by Gasteiger charge is -2.09. The van der Waals surface area contributed by atoms with Crippen molar-refractivity contribution in [1.82, 2.24) is 19.7 Å². The van der Waals surface area contributed by atoms with Crippen LogP contribution < -0.4 is 10.0 Å². The highest BCUT2D eigenvalue weighted by atomic mass is 32.2. The second-order valence-corrected chi connectivity index (χ2v) is 10.4. The lowest BCUT2D eigenvalue weighted by atomic mass is 10.2. The van der Waals surface area contributed by atoms with Crippen molar-refractivity contribution in [3.05, 3.63) is 65.9 Å². The molecule has 4 rings (SSSR count). The average Bonchev–Trinajstić information content (AvgIpc) is 3.47. The quantitative estimate of drug-likeness (QED) is 0.320. The van der Waals surface area contributed by atoms with E-state index in [0.717, 1.165) is 0 Å². The van der Waals surface area contributed by atoms with Crippen molar-refractivity contribution < 1.29 is 17.6 Å². The van der Waals surface area contributed by atoms with Crippen LogP contribution in [-0.2, 0) is 21.4 Å². The number of carbonyl (C=O) groups excluding carboxylic acids is 1. The number of rotatable bonds is 9. The molecule has 0 spiro atoms. The number of hydrogen-bond donors (Lipinski definition) is 2. The summed E-state index contributed by atoms with van der Waals surface area (Å²) in [7, 11) is -3.77. The number of sulfonamides is 1. The predicted molar refractivity (Wildman–Crippen MR) is 130 cm³/mol. The fourth-order valence-electron chi connectivity index (χ4n) is 3.01. The first-order chi connectivity index (χ1) is 16.4. The Kier molecular flexibility index (Phi) is 7.24. The average molecular weight is 519 g/mol. The van der Waals surface area contributed by atoms with Crippen molar-refractivity contribution in [1.29, 1.82) is 0 Å². The molecule has 0 fully saturated rings. The number of aromatic nitrogens is 4. The second kappa shape index (κ2) is 10.3. The number of nitrogens with one attached hydrogen (secondary N) is 2. The first-order valence-electron chi connectivity index (χ1n) is 10.0. The Morgan fingerprint density at radius 1 is 1.15 bits per heavy atom. The molecule has 0 radical (unpaired) electrons. The highest BCUT2D eigenvalue weighted by Crippen LogP contribution is 2.26. The van der Waals surface area contributed by atoms with Crippen molar-refractivity contribution in [2.75, 3.05) is 15.8 Å². The molecule has 0 saturated heterocycles. The summed E-state index contributed by atoms with van der Waals surface area (Å²) in [5.41, 5.74) is 0.787. The lowest BCUT2D eigenvalue weighted by molar-refractivity contribution is -0.113. The van der Waals surface area contributed by atoms with Crippen LogP contribution in [0.5, 0.6) is 0 Å². The van der Waals surface area contributed by atoms with Crippen molar-refractivity contribution >= 4 is 49.8 Å². The number of halogens is 1. The van der Waals surface area contributed by atoms with Gasteiger partial charge in [-0.05, 0) is 43.3 Å². The highest BCUT2D eigenvalue weighted by Gasteiger charge is 2.18. The largest absolute Gasteiger partial charge is 0.325 e. The van der Waals surface area contributed by atoms with Crippen LogP contribution in [0.25, 0.3) is 11.4 Å². The molecule has 4 aromatic rings. The van der Waals surface area contributed by atoms with Gasteiger partial charge in [-0.3, -0.25) is 9.52 Å². The molecule has 0 aliphatic heterocycles. The zero-order chi connectivity index (χ0) is 24.1. The van der Waals surface area contributed by atoms with E-state index in [2.05, 4.69) is 25.2 Å². The number of thiazole rings is 1. The van der Waals surface area contributed by atoms with Crippen molar-refractivity contribution in [3.8, 4) is 11.4 Å². The zero-order valence-electron chi connectivity index (χ0n) is 17.8. The van der Waals surface area contributed by atoms with Crippen molar-refractivity contribution in [2.24, 2.45) is 0 Å². The summed E-state index contributed by atoms with van der Waals surface area (Å²) in [5.74, 6) is -0.265. The van der Waals surface area contributed by atoms with Crippen molar-refractivity contribution in [2.45, 2.75) is 23.5 Å². The number of thioether (sulfide) groups is 1. The number of carbonyl (C=O) groups is 1. The molecule has 2 heterocycles. The third-order valence-corrected chi connectivity index (χ3v) is 7.72. The van der Waals surface area contributed by atoms with Crippen LogP contribution in [0, 0.1) is 5.82 Å². The van der Waals surface area contributed by atoms with E-state index in [9.17, 15) is 17.6 Å².